The predicted molar refractivity (Wildman–Crippen MR) is 70.8 cm³/mol. The van der Waals surface area contributed by atoms with Crippen molar-refractivity contribution < 1.29 is 9.53 Å². The van der Waals surface area contributed by atoms with Crippen LogP contribution in [0.5, 0.6) is 5.75 Å². The summed E-state index contributed by atoms with van der Waals surface area (Å²) in [6.45, 7) is 0.409. The quantitative estimate of drug-likeness (QED) is 0.825. The van der Waals surface area contributed by atoms with E-state index in [2.05, 4.69) is 22.8 Å². The normalized spacial score (nSPS) is 22.1. The molecule has 0 unspecified atom stereocenters. The second-order valence-electron chi connectivity index (χ2n) is 4.70. The fourth-order valence-corrected chi connectivity index (χ4v) is 2.28. The van der Waals surface area contributed by atoms with E-state index in [0.29, 0.717) is 18.5 Å². The third kappa shape index (κ3) is 3.01. The standard InChI is InChI=1S/C14H20N2O2/c1-15-14(17)9-16-12-6-11(7-12)10-4-3-5-13(8-10)18-2/h3-5,8,11-12,16H,6-7,9H2,1-2H3,(H,15,17). The van der Waals surface area contributed by atoms with Gasteiger partial charge in [0.2, 0.25) is 5.91 Å². The number of methoxy groups -OCH3 is 1. The first-order valence-electron chi connectivity index (χ1n) is 6.31. The van der Waals surface area contributed by atoms with Gasteiger partial charge in [-0.1, -0.05) is 12.1 Å². The van der Waals surface area contributed by atoms with Gasteiger partial charge in [0.05, 0.1) is 13.7 Å². The number of ether oxygens (including phenoxy) is 1. The van der Waals surface area contributed by atoms with Gasteiger partial charge in [-0.25, -0.2) is 0 Å². The molecule has 1 amide bonds. The number of benzene rings is 1. The molecule has 1 saturated carbocycles. The average molecular weight is 248 g/mol. The largest absolute Gasteiger partial charge is 0.497 e. The summed E-state index contributed by atoms with van der Waals surface area (Å²) in [5, 5.41) is 5.86. The highest BCUT2D eigenvalue weighted by Crippen LogP contribution is 2.37. The van der Waals surface area contributed by atoms with Gasteiger partial charge in [-0.15, -0.1) is 0 Å². The summed E-state index contributed by atoms with van der Waals surface area (Å²) >= 11 is 0. The van der Waals surface area contributed by atoms with Crippen LogP contribution in [-0.2, 0) is 4.79 Å². The van der Waals surface area contributed by atoms with Gasteiger partial charge in [-0.3, -0.25) is 4.79 Å². The van der Waals surface area contributed by atoms with Crippen molar-refractivity contribution >= 4 is 5.91 Å². The lowest BCUT2D eigenvalue weighted by Gasteiger charge is -2.36. The molecule has 0 saturated heterocycles. The maximum atomic E-state index is 11.1. The van der Waals surface area contributed by atoms with Crippen LogP contribution in [-0.4, -0.2) is 32.7 Å². The fraction of sp³-hybridized carbons (Fsp3) is 0.500. The number of hydrogen-bond donors (Lipinski definition) is 2. The van der Waals surface area contributed by atoms with Crippen LogP contribution in [0.1, 0.15) is 24.3 Å². The van der Waals surface area contributed by atoms with Crippen molar-refractivity contribution in [1.82, 2.24) is 10.6 Å². The average Bonchev–Trinajstić information content (AvgIpc) is 2.36. The van der Waals surface area contributed by atoms with Gasteiger partial charge in [0, 0.05) is 13.1 Å². The fourth-order valence-electron chi connectivity index (χ4n) is 2.28. The van der Waals surface area contributed by atoms with Crippen LogP contribution in [0.3, 0.4) is 0 Å². The highest BCUT2D eigenvalue weighted by atomic mass is 16.5. The van der Waals surface area contributed by atoms with Gasteiger partial charge in [0.25, 0.3) is 0 Å². The van der Waals surface area contributed by atoms with Gasteiger partial charge in [0.15, 0.2) is 0 Å². The number of carbonyl (C=O) groups is 1. The molecular weight excluding hydrogens is 228 g/mol. The molecule has 1 fully saturated rings. The zero-order chi connectivity index (χ0) is 13.0. The summed E-state index contributed by atoms with van der Waals surface area (Å²) in [5.41, 5.74) is 1.33. The molecule has 1 aliphatic rings. The summed E-state index contributed by atoms with van der Waals surface area (Å²) in [6.07, 6.45) is 2.17. The molecule has 2 rings (SSSR count). The number of nitrogens with one attached hydrogen (secondary N) is 2. The summed E-state index contributed by atoms with van der Waals surface area (Å²) in [5.74, 6) is 1.54. The topological polar surface area (TPSA) is 50.4 Å². The van der Waals surface area contributed by atoms with Crippen molar-refractivity contribution in [2.45, 2.75) is 24.8 Å². The molecular formula is C14H20N2O2. The minimum absolute atomic E-state index is 0.0415. The van der Waals surface area contributed by atoms with Gasteiger partial charge >= 0.3 is 0 Å². The molecule has 98 valence electrons. The van der Waals surface area contributed by atoms with Crippen LogP contribution in [0, 0.1) is 0 Å². The summed E-state index contributed by atoms with van der Waals surface area (Å²) in [6, 6.07) is 8.68. The first kappa shape index (κ1) is 12.9. The van der Waals surface area contributed by atoms with E-state index in [1.54, 1.807) is 14.2 Å². The molecule has 0 bridgehead atoms. The lowest BCUT2D eigenvalue weighted by atomic mass is 9.76. The van der Waals surface area contributed by atoms with E-state index < -0.39 is 0 Å². The molecule has 18 heavy (non-hydrogen) atoms. The summed E-state index contributed by atoms with van der Waals surface area (Å²) in [4.78, 5) is 11.1. The molecule has 2 N–H and O–H groups in total. The van der Waals surface area contributed by atoms with Gasteiger partial charge in [-0.05, 0) is 36.5 Å². The number of amides is 1. The van der Waals surface area contributed by atoms with Crippen LogP contribution in [0.2, 0.25) is 0 Å². The molecule has 4 heteroatoms. The van der Waals surface area contributed by atoms with E-state index in [-0.39, 0.29) is 5.91 Å². The Labute approximate surface area is 108 Å². The van der Waals surface area contributed by atoms with Crippen molar-refractivity contribution in [1.29, 1.82) is 0 Å². The molecule has 0 heterocycles. The Hall–Kier alpha value is -1.55. The first-order chi connectivity index (χ1) is 8.72. The second kappa shape index (κ2) is 5.87. The van der Waals surface area contributed by atoms with Crippen LogP contribution < -0.4 is 15.4 Å². The van der Waals surface area contributed by atoms with E-state index >= 15 is 0 Å². The Balaban J connectivity index is 1.79. The molecule has 0 spiro atoms. The van der Waals surface area contributed by atoms with Crippen LogP contribution in [0.25, 0.3) is 0 Å². The van der Waals surface area contributed by atoms with E-state index in [0.717, 1.165) is 18.6 Å². The highest BCUT2D eigenvalue weighted by Gasteiger charge is 2.30. The number of hydrogen-bond acceptors (Lipinski definition) is 3. The highest BCUT2D eigenvalue weighted by molar-refractivity contribution is 5.77. The van der Waals surface area contributed by atoms with E-state index in [9.17, 15) is 4.79 Å². The Morgan fingerprint density at radius 2 is 2.22 bits per heavy atom. The Morgan fingerprint density at radius 3 is 2.89 bits per heavy atom. The molecule has 1 aromatic rings. The molecule has 0 radical (unpaired) electrons. The molecule has 0 aromatic heterocycles. The summed E-state index contributed by atoms with van der Waals surface area (Å²) < 4.78 is 5.23. The molecule has 4 nitrogen and oxygen atoms in total. The van der Waals surface area contributed by atoms with E-state index in [1.807, 2.05) is 12.1 Å². The zero-order valence-electron chi connectivity index (χ0n) is 10.9. The Bertz CT molecular complexity index is 414. The molecule has 1 aliphatic carbocycles. The van der Waals surface area contributed by atoms with Crippen LogP contribution >= 0.6 is 0 Å². The number of likely N-dealkylation sites (N-methyl/N-ethyl adjacent to an activating group) is 1. The lowest BCUT2D eigenvalue weighted by molar-refractivity contribution is -0.120. The second-order valence-corrected chi connectivity index (χ2v) is 4.70. The van der Waals surface area contributed by atoms with Crippen molar-refractivity contribution in [2.24, 2.45) is 0 Å². The third-order valence-corrected chi connectivity index (χ3v) is 3.53. The number of carbonyl (C=O) groups excluding carboxylic acids is 1. The SMILES string of the molecule is CNC(=O)CNC1CC(c2cccc(OC)c2)C1. The first-order valence-corrected chi connectivity index (χ1v) is 6.31. The van der Waals surface area contributed by atoms with Crippen molar-refractivity contribution in [3.8, 4) is 5.75 Å². The predicted octanol–water partition coefficient (Wildman–Crippen LogP) is 1.28. The minimum Gasteiger partial charge on any atom is -0.497 e. The van der Waals surface area contributed by atoms with Crippen LogP contribution in [0.4, 0.5) is 0 Å². The van der Waals surface area contributed by atoms with E-state index in [4.69, 9.17) is 4.74 Å². The van der Waals surface area contributed by atoms with Crippen LogP contribution in [0.15, 0.2) is 24.3 Å². The zero-order valence-corrected chi connectivity index (χ0v) is 10.9. The Morgan fingerprint density at radius 1 is 1.44 bits per heavy atom. The lowest BCUT2D eigenvalue weighted by Crippen LogP contribution is -2.44. The monoisotopic (exact) mass is 248 g/mol. The third-order valence-electron chi connectivity index (χ3n) is 3.53. The maximum Gasteiger partial charge on any atom is 0.233 e. The van der Waals surface area contributed by atoms with Gasteiger partial charge in [-0.2, -0.15) is 0 Å². The maximum absolute atomic E-state index is 11.1. The summed E-state index contributed by atoms with van der Waals surface area (Å²) in [7, 11) is 3.34. The molecule has 1 aromatic carbocycles. The van der Waals surface area contributed by atoms with E-state index in [1.165, 1.54) is 5.56 Å². The molecule has 0 atom stereocenters. The van der Waals surface area contributed by atoms with Crippen molar-refractivity contribution in [3.05, 3.63) is 29.8 Å². The number of rotatable bonds is 5. The van der Waals surface area contributed by atoms with Gasteiger partial charge in [0.1, 0.15) is 5.75 Å². The molecule has 0 aliphatic heterocycles. The van der Waals surface area contributed by atoms with Crippen molar-refractivity contribution in [3.63, 3.8) is 0 Å². The van der Waals surface area contributed by atoms with Crippen molar-refractivity contribution in [2.75, 3.05) is 20.7 Å². The minimum atomic E-state index is 0.0415. The Kier molecular flexibility index (Phi) is 4.20. The van der Waals surface area contributed by atoms with Gasteiger partial charge < -0.3 is 15.4 Å². The smallest absolute Gasteiger partial charge is 0.233 e.